The summed E-state index contributed by atoms with van der Waals surface area (Å²) in [4.78, 5) is 8.71. The highest BCUT2D eigenvalue weighted by Gasteiger charge is 2.02. The lowest BCUT2D eigenvalue weighted by Gasteiger charge is -2.08. The van der Waals surface area contributed by atoms with E-state index in [1.54, 1.807) is 6.20 Å². The van der Waals surface area contributed by atoms with Crippen molar-refractivity contribution in [2.24, 2.45) is 0 Å². The third-order valence-corrected chi connectivity index (χ3v) is 2.93. The highest BCUT2D eigenvalue weighted by atomic mass is 15.1. The highest BCUT2D eigenvalue weighted by molar-refractivity contribution is 5.39. The van der Waals surface area contributed by atoms with Gasteiger partial charge in [-0.3, -0.25) is 10.1 Å². The SMILES string of the molecule is Cc1cnc(C)c(NCCCc2cn[nH]c2C)n1. The van der Waals surface area contributed by atoms with E-state index in [1.165, 1.54) is 5.56 Å². The molecule has 0 saturated carbocycles. The van der Waals surface area contributed by atoms with Crippen molar-refractivity contribution in [1.82, 2.24) is 20.2 Å². The van der Waals surface area contributed by atoms with Gasteiger partial charge >= 0.3 is 0 Å². The summed E-state index contributed by atoms with van der Waals surface area (Å²) in [5.74, 6) is 0.888. The van der Waals surface area contributed by atoms with Crippen LogP contribution >= 0.6 is 0 Å². The Hall–Kier alpha value is -1.91. The van der Waals surface area contributed by atoms with Crippen LogP contribution in [0.5, 0.6) is 0 Å². The number of hydrogen-bond acceptors (Lipinski definition) is 4. The van der Waals surface area contributed by atoms with Crippen molar-refractivity contribution in [2.75, 3.05) is 11.9 Å². The molecule has 0 unspecified atom stereocenters. The van der Waals surface area contributed by atoms with E-state index in [0.29, 0.717) is 0 Å². The Morgan fingerprint density at radius 2 is 2.06 bits per heavy atom. The lowest BCUT2D eigenvalue weighted by molar-refractivity contribution is 0.848. The maximum atomic E-state index is 4.43. The molecule has 0 aliphatic carbocycles. The van der Waals surface area contributed by atoms with E-state index in [1.807, 2.05) is 27.0 Å². The standard InChI is InChI=1S/C13H19N5/c1-9-7-15-11(3)13(17-9)14-6-4-5-12-8-16-18-10(12)2/h7-8H,4-6H2,1-3H3,(H,14,17)(H,16,18). The second-order valence-electron chi connectivity index (χ2n) is 4.50. The highest BCUT2D eigenvalue weighted by Crippen LogP contribution is 2.10. The molecule has 2 rings (SSSR count). The molecule has 2 N–H and O–H groups in total. The Labute approximate surface area is 107 Å². The normalized spacial score (nSPS) is 10.6. The molecule has 2 heterocycles. The van der Waals surface area contributed by atoms with Crippen LogP contribution in [0.3, 0.4) is 0 Å². The van der Waals surface area contributed by atoms with E-state index in [9.17, 15) is 0 Å². The van der Waals surface area contributed by atoms with Crippen molar-refractivity contribution in [3.8, 4) is 0 Å². The monoisotopic (exact) mass is 245 g/mol. The topological polar surface area (TPSA) is 66.5 Å². The molecule has 5 nitrogen and oxygen atoms in total. The number of nitrogens with zero attached hydrogens (tertiary/aromatic N) is 3. The van der Waals surface area contributed by atoms with E-state index in [0.717, 1.165) is 42.3 Å². The van der Waals surface area contributed by atoms with E-state index in [-0.39, 0.29) is 0 Å². The lowest BCUT2D eigenvalue weighted by Crippen LogP contribution is -2.07. The van der Waals surface area contributed by atoms with Gasteiger partial charge in [-0.2, -0.15) is 5.10 Å². The van der Waals surface area contributed by atoms with Gasteiger partial charge in [0.1, 0.15) is 5.82 Å². The summed E-state index contributed by atoms with van der Waals surface area (Å²) in [6.45, 7) is 6.86. The summed E-state index contributed by atoms with van der Waals surface area (Å²) >= 11 is 0. The van der Waals surface area contributed by atoms with Gasteiger partial charge < -0.3 is 5.32 Å². The van der Waals surface area contributed by atoms with Crippen LogP contribution in [0.25, 0.3) is 0 Å². The summed E-state index contributed by atoms with van der Waals surface area (Å²) in [5, 5.41) is 10.3. The molecule has 2 aromatic rings. The second kappa shape index (κ2) is 5.62. The van der Waals surface area contributed by atoms with Gasteiger partial charge in [-0.1, -0.05) is 0 Å². The van der Waals surface area contributed by atoms with Gasteiger partial charge in [0.05, 0.1) is 17.6 Å². The fourth-order valence-electron chi connectivity index (χ4n) is 1.82. The number of aromatic nitrogens is 4. The van der Waals surface area contributed by atoms with Gasteiger partial charge in [-0.15, -0.1) is 0 Å². The van der Waals surface area contributed by atoms with Gasteiger partial charge in [-0.05, 0) is 39.2 Å². The summed E-state index contributed by atoms with van der Waals surface area (Å²) in [7, 11) is 0. The average Bonchev–Trinajstić information content (AvgIpc) is 2.75. The molecule has 96 valence electrons. The third kappa shape index (κ3) is 3.06. The summed E-state index contributed by atoms with van der Waals surface area (Å²) in [6.07, 6.45) is 5.76. The predicted molar refractivity (Wildman–Crippen MR) is 71.6 cm³/mol. The van der Waals surface area contributed by atoms with Crippen molar-refractivity contribution >= 4 is 5.82 Å². The molecular weight excluding hydrogens is 226 g/mol. The predicted octanol–water partition coefficient (Wildman–Crippen LogP) is 2.17. The fourth-order valence-corrected chi connectivity index (χ4v) is 1.82. The van der Waals surface area contributed by atoms with E-state index in [2.05, 4.69) is 25.5 Å². The Balaban J connectivity index is 1.82. The molecule has 0 radical (unpaired) electrons. The zero-order chi connectivity index (χ0) is 13.0. The number of nitrogens with one attached hydrogen (secondary N) is 2. The Bertz CT molecular complexity index is 518. The first-order chi connectivity index (χ1) is 8.66. The molecule has 18 heavy (non-hydrogen) atoms. The Morgan fingerprint density at radius 1 is 1.22 bits per heavy atom. The molecule has 0 aliphatic heterocycles. The number of anilines is 1. The average molecular weight is 245 g/mol. The second-order valence-corrected chi connectivity index (χ2v) is 4.50. The first-order valence-corrected chi connectivity index (χ1v) is 6.20. The van der Waals surface area contributed by atoms with Crippen LogP contribution in [0.15, 0.2) is 12.4 Å². The maximum absolute atomic E-state index is 4.43. The zero-order valence-electron chi connectivity index (χ0n) is 11.1. The molecule has 0 atom stereocenters. The third-order valence-electron chi connectivity index (χ3n) is 2.93. The minimum Gasteiger partial charge on any atom is -0.369 e. The molecule has 0 bridgehead atoms. The van der Waals surface area contributed by atoms with Crippen LogP contribution < -0.4 is 5.32 Å². The van der Waals surface area contributed by atoms with E-state index >= 15 is 0 Å². The van der Waals surface area contributed by atoms with Crippen molar-refractivity contribution in [2.45, 2.75) is 33.6 Å². The lowest BCUT2D eigenvalue weighted by atomic mass is 10.1. The van der Waals surface area contributed by atoms with Crippen LogP contribution in [-0.4, -0.2) is 26.7 Å². The molecule has 0 spiro atoms. The van der Waals surface area contributed by atoms with Gasteiger partial charge in [0.15, 0.2) is 0 Å². The van der Waals surface area contributed by atoms with Crippen molar-refractivity contribution in [3.63, 3.8) is 0 Å². The molecule has 2 aromatic heterocycles. The molecular formula is C13H19N5. The molecule has 0 fully saturated rings. The number of H-pyrrole nitrogens is 1. The summed E-state index contributed by atoms with van der Waals surface area (Å²) < 4.78 is 0. The van der Waals surface area contributed by atoms with Gasteiger partial charge in [0.2, 0.25) is 0 Å². The summed E-state index contributed by atoms with van der Waals surface area (Å²) in [5.41, 5.74) is 4.32. The quantitative estimate of drug-likeness (QED) is 0.792. The van der Waals surface area contributed by atoms with Crippen LogP contribution in [0, 0.1) is 20.8 Å². The van der Waals surface area contributed by atoms with Crippen molar-refractivity contribution < 1.29 is 0 Å². The molecule has 0 saturated heterocycles. The first-order valence-electron chi connectivity index (χ1n) is 6.20. The largest absolute Gasteiger partial charge is 0.369 e. The van der Waals surface area contributed by atoms with Gasteiger partial charge in [0.25, 0.3) is 0 Å². The summed E-state index contributed by atoms with van der Waals surface area (Å²) in [6, 6.07) is 0. The fraction of sp³-hybridized carbons (Fsp3) is 0.462. The Morgan fingerprint density at radius 3 is 2.78 bits per heavy atom. The van der Waals surface area contributed by atoms with Crippen LogP contribution in [0.2, 0.25) is 0 Å². The smallest absolute Gasteiger partial charge is 0.147 e. The number of aryl methyl sites for hydroxylation is 4. The van der Waals surface area contributed by atoms with Crippen molar-refractivity contribution in [1.29, 1.82) is 0 Å². The molecule has 5 heteroatoms. The number of hydrogen-bond donors (Lipinski definition) is 2. The molecule has 0 amide bonds. The number of aromatic amines is 1. The number of rotatable bonds is 5. The maximum Gasteiger partial charge on any atom is 0.147 e. The minimum atomic E-state index is 0.888. The van der Waals surface area contributed by atoms with Gasteiger partial charge in [0, 0.05) is 18.4 Å². The first kappa shape index (κ1) is 12.5. The zero-order valence-corrected chi connectivity index (χ0v) is 11.1. The van der Waals surface area contributed by atoms with Crippen LogP contribution in [0.4, 0.5) is 5.82 Å². The van der Waals surface area contributed by atoms with Gasteiger partial charge in [-0.25, -0.2) is 4.98 Å². The minimum absolute atomic E-state index is 0.888. The van der Waals surface area contributed by atoms with E-state index < -0.39 is 0 Å². The van der Waals surface area contributed by atoms with Crippen LogP contribution in [0.1, 0.15) is 29.1 Å². The van der Waals surface area contributed by atoms with Crippen LogP contribution in [-0.2, 0) is 6.42 Å². The van der Waals surface area contributed by atoms with Crippen molar-refractivity contribution in [3.05, 3.63) is 35.0 Å². The Kier molecular flexibility index (Phi) is 3.92. The van der Waals surface area contributed by atoms with E-state index in [4.69, 9.17) is 0 Å². The molecule has 0 aromatic carbocycles. The molecule has 0 aliphatic rings.